The highest BCUT2D eigenvalue weighted by atomic mass is 19.1. The Morgan fingerprint density at radius 1 is 1.15 bits per heavy atom. The number of carbonyl (C=O) groups excluding carboxylic acids is 3. The first-order valence-corrected chi connectivity index (χ1v) is 11.5. The van der Waals surface area contributed by atoms with Crippen LogP contribution >= 0.6 is 0 Å². The van der Waals surface area contributed by atoms with Gasteiger partial charge in [0.2, 0.25) is 5.91 Å². The van der Waals surface area contributed by atoms with E-state index in [0.29, 0.717) is 0 Å². The fourth-order valence-corrected chi connectivity index (χ4v) is 4.48. The predicted molar refractivity (Wildman–Crippen MR) is 120 cm³/mol. The van der Waals surface area contributed by atoms with E-state index in [1.807, 2.05) is 0 Å². The lowest BCUT2D eigenvalue weighted by Gasteiger charge is -2.41. The third-order valence-electron chi connectivity index (χ3n) is 6.78. The van der Waals surface area contributed by atoms with Gasteiger partial charge in [-0.2, -0.15) is 5.10 Å². The van der Waals surface area contributed by atoms with Crippen LogP contribution in [-0.2, 0) is 17.9 Å². The molecule has 1 atom stereocenters. The van der Waals surface area contributed by atoms with E-state index in [9.17, 15) is 18.8 Å². The first kappa shape index (κ1) is 22.9. The Bertz CT molecular complexity index is 1040. The first-order valence-electron chi connectivity index (χ1n) is 11.5. The molecule has 2 heterocycles. The number of hydrogen-bond acceptors (Lipinski definition) is 4. The van der Waals surface area contributed by atoms with Gasteiger partial charge in [0.1, 0.15) is 17.1 Å². The van der Waals surface area contributed by atoms with Crippen LogP contribution in [0.5, 0.6) is 0 Å². The molecule has 0 spiro atoms. The van der Waals surface area contributed by atoms with E-state index in [1.54, 1.807) is 26.1 Å². The average Bonchev–Trinajstić information content (AvgIpc) is 3.05. The minimum Gasteiger partial charge on any atom is -0.351 e. The number of nitrogens with zero attached hydrogens (tertiary/aromatic N) is 3. The fourth-order valence-electron chi connectivity index (χ4n) is 4.48. The number of halogens is 1. The Kier molecular flexibility index (Phi) is 6.49. The third kappa shape index (κ3) is 4.77. The molecule has 8 nitrogen and oxygen atoms in total. The van der Waals surface area contributed by atoms with Gasteiger partial charge in [-0.15, -0.1) is 0 Å². The van der Waals surface area contributed by atoms with Crippen molar-refractivity contribution in [3.05, 3.63) is 53.1 Å². The molecule has 1 aromatic heterocycles. The van der Waals surface area contributed by atoms with E-state index in [1.165, 1.54) is 40.6 Å². The molecular formula is C24H30FN5O3. The largest absolute Gasteiger partial charge is 0.351 e. The van der Waals surface area contributed by atoms with Crippen LogP contribution < -0.4 is 10.6 Å². The molecule has 1 saturated carbocycles. The zero-order valence-corrected chi connectivity index (χ0v) is 19.1. The number of aromatic nitrogens is 2. The summed E-state index contributed by atoms with van der Waals surface area (Å²) in [6.07, 6.45) is 6.46. The maximum absolute atomic E-state index is 13.2. The van der Waals surface area contributed by atoms with Gasteiger partial charge in [-0.1, -0.05) is 37.8 Å². The molecule has 176 valence electrons. The molecule has 1 aliphatic heterocycles. The minimum absolute atomic E-state index is 0.0993. The summed E-state index contributed by atoms with van der Waals surface area (Å²) >= 11 is 0. The molecular weight excluding hydrogens is 425 g/mol. The second-order valence-electron chi connectivity index (χ2n) is 9.18. The highest BCUT2D eigenvalue weighted by Crippen LogP contribution is 2.27. The van der Waals surface area contributed by atoms with Gasteiger partial charge in [0.05, 0.1) is 6.54 Å². The zero-order valence-electron chi connectivity index (χ0n) is 19.1. The molecule has 0 unspecified atom stereocenters. The molecule has 4 rings (SSSR count). The van der Waals surface area contributed by atoms with Gasteiger partial charge in [-0.3, -0.25) is 19.1 Å². The second kappa shape index (κ2) is 9.33. The van der Waals surface area contributed by atoms with E-state index in [-0.39, 0.29) is 48.2 Å². The minimum atomic E-state index is -1.11. The number of carbonyl (C=O) groups is 3. The van der Waals surface area contributed by atoms with Crippen LogP contribution in [-0.4, -0.2) is 51.0 Å². The van der Waals surface area contributed by atoms with Crippen LogP contribution in [0.4, 0.5) is 4.39 Å². The summed E-state index contributed by atoms with van der Waals surface area (Å²) in [5.74, 6) is -1.35. The van der Waals surface area contributed by atoms with Crippen LogP contribution in [0.15, 0.2) is 30.3 Å². The van der Waals surface area contributed by atoms with E-state index in [2.05, 4.69) is 15.7 Å². The molecule has 2 aromatic rings. The Hall–Kier alpha value is -3.23. The normalized spacial score (nSPS) is 21.3. The Balaban J connectivity index is 1.46. The zero-order chi connectivity index (χ0) is 23.6. The Labute approximate surface area is 192 Å². The summed E-state index contributed by atoms with van der Waals surface area (Å²) in [6.45, 7) is 2.10. The summed E-state index contributed by atoms with van der Waals surface area (Å²) in [5, 5.41) is 10.2. The number of benzene rings is 1. The van der Waals surface area contributed by atoms with Crippen LogP contribution in [0.25, 0.3) is 0 Å². The van der Waals surface area contributed by atoms with Gasteiger partial charge in [0, 0.05) is 25.7 Å². The summed E-state index contributed by atoms with van der Waals surface area (Å²) in [4.78, 5) is 40.3. The molecule has 1 aromatic carbocycles. The van der Waals surface area contributed by atoms with Crippen molar-refractivity contribution < 1.29 is 18.8 Å². The number of rotatable bonds is 5. The summed E-state index contributed by atoms with van der Waals surface area (Å²) < 4.78 is 14.5. The number of hydrogen-bond donors (Lipinski definition) is 2. The molecule has 1 aliphatic carbocycles. The maximum atomic E-state index is 13.2. The van der Waals surface area contributed by atoms with E-state index >= 15 is 0 Å². The first-order chi connectivity index (χ1) is 15.8. The third-order valence-corrected chi connectivity index (χ3v) is 6.78. The molecule has 0 radical (unpaired) electrons. The van der Waals surface area contributed by atoms with Crippen molar-refractivity contribution in [2.75, 3.05) is 7.05 Å². The van der Waals surface area contributed by atoms with E-state index in [4.69, 9.17) is 0 Å². The highest BCUT2D eigenvalue weighted by Gasteiger charge is 2.46. The summed E-state index contributed by atoms with van der Waals surface area (Å²) in [6, 6.07) is 7.39. The monoisotopic (exact) mass is 455 g/mol. The molecule has 0 saturated heterocycles. The number of nitrogens with one attached hydrogen (secondary N) is 2. The molecule has 1 fully saturated rings. The van der Waals surface area contributed by atoms with Gasteiger partial charge in [0.15, 0.2) is 5.69 Å². The SMILES string of the molecule is CN1C(=O)c2cc(C(=O)NCc3ccc(F)cc3)nn2C[C@@]1(C)C(=O)NC1CCCCCC1. The van der Waals surface area contributed by atoms with Crippen molar-refractivity contribution in [1.82, 2.24) is 25.3 Å². The van der Waals surface area contributed by atoms with Gasteiger partial charge < -0.3 is 15.5 Å². The van der Waals surface area contributed by atoms with Crippen LogP contribution in [0.1, 0.15) is 72.0 Å². The van der Waals surface area contributed by atoms with E-state index < -0.39 is 11.4 Å². The fraction of sp³-hybridized carbons (Fsp3) is 0.500. The van der Waals surface area contributed by atoms with Crippen molar-refractivity contribution in [2.24, 2.45) is 0 Å². The molecule has 33 heavy (non-hydrogen) atoms. The summed E-state index contributed by atoms with van der Waals surface area (Å²) in [5.41, 5.74) is 0.00308. The lowest BCUT2D eigenvalue weighted by atomic mass is 9.95. The molecule has 3 amide bonds. The van der Waals surface area contributed by atoms with Crippen LogP contribution in [0, 0.1) is 5.82 Å². The van der Waals surface area contributed by atoms with Gasteiger partial charge in [-0.25, -0.2) is 4.39 Å². The van der Waals surface area contributed by atoms with Crippen molar-refractivity contribution in [3.63, 3.8) is 0 Å². The standard InChI is InChI=1S/C24H30FN5O3/c1-24(23(33)27-18-7-5-3-4-6-8-18)15-30-20(22(32)29(24)2)13-19(28-30)21(31)26-14-16-9-11-17(25)12-10-16/h9-13,18H,3-8,14-15H2,1-2H3,(H,26,31)(H,27,33)/t24-/m0/s1. The number of likely N-dealkylation sites (N-methyl/N-ethyl adjacent to an activating group) is 1. The Morgan fingerprint density at radius 3 is 2.48 bits per heavy atom. The van der Waals surface area contributed by atoms with Crippen LogP contribution in [0.3, 0.4) is 0 Å². The molecule has 9 heteroatoms. The topological polar surface area (TPSA) is 96.3 Å². The van der Waals surface area contributed by atoms with Gasteiger partial charge >= 0.3 is 0 Å². The number of amides is 3. The highest BCUT2D eigenvalue weighted by molar-refractivity contribution is 6.01. The lowest BCUT2D eigenvalue weighted by Crippen LogP contribution is -2.63. The molecule has 2 N–H and O–H groups in total. The maximum Gasteiger partial charge on any atom is 0.272 e. The van der Waals surface area contributed by atoms with Crippen molar-refractivity contribution in [1.29, 1.82) is 0 Å². The van der Waals surface area contributed by atoms with Crippen molar-refractivity contribution in [2.45, 2.75) is 70.1 Å². The quantitative estimate of drug-likeness (QED) is 0.678. The second-order valence-corrected chi connectivity index (χ2v) is 9.18. The van der Waals surface area contributed by atoms with Crippen molar-refractivity contribution >= 4 is 17.7 Å². The van der Waals surface area contributed by atoms with Crippen LogP contribution in [0.2, 0.25) is 0 Å². The Morgan fingerprint density at radius 2 is 1.82 bits per heavy atom. The lowest BCUT2D eigenvalue weighted by molar-refractivity contribution is -0.133. The van der Waals surface area contributed by atoms with Gasteiger partial charge in [0.25, 0.3) is 11.8 Å². The predicted octanol–water partition coefficient (Wildman–Crippen LogP) is 2.64. The summed E-state index contributed by atoms with van der Waals surface area (Å²) in [7, 11) is 1.61. The van der Waals surface area contributed by atoms with E-state index in [0.717, 1.165) is 31.2 Å². The smallest absolute Gasteiger partial charge is 0.272 e. The molecule has 2 aliphatic rings. The number of fused-ring (bicyclic) bond motifs is 1. The van der Waals surface area contributed by atoms with Gasteiger partial charge in [-0.05, 0) is 37.5 Å². The molecule has 0 bridgehead atoms. The average molecular weight is 456 g/mol. The van der Waals surface area contributed by atoms with Crippen molar-refractivity contribution in [3.8, 4) is 0 Å².